The van der Waals surface area contributed by atoms with Crippen LogP contribution in [0.25, 0.3) is 10.9 Å². The van der Waals surface area contributed by atoms with Crippen LogP contribution < -0.4 is 10.4 Å². The highest BCUT2D eigenvalue weighted by Crippen LogP contribution is 2.38. The van der Waals surface area contributed by atoms with Gasteiger partial charge in [0.1, 0.15) is 0 Å². The average molecular weight is 535 g/mol. The summed E-state index contributed by atoms with van der Waals surface area (Å²) in [5.41, 5.74) is 0.951. The topological polar surface area (TPSA) is 42.1 Å². The number of benzene rings is 3. The van der Waals surface area contributed by atoms with Crippen molar-refractivity contribution < 1.29 is 9.22 Å². The Morgan fingerprint density at radius 3 is 1.97 bits per heavy atom. The summed E-state index contributed by atoms with van der Waals surface area (Å²) >= 11 is 3.54. The van der Waals surface area contributed by atoms with Gasteiger partial charge >= 0.3 is 0 Å². The Kier molecular flexibility index (Phi) is 6.73. The molecule has 0 bridgehead atoms. The molecule has 4 aromatic rings. The Hall–Kier alpha value is -2.47. The molecule has 0 spiro atoms. The third-order valence-electron chi connectivity index (χ3n) is 6.57. The zero-order valence-corrected chi connectivity index (χ0v) is 23.1. The SMILES string of the molecule is CC(C)(CO[Si](c1ccccc1)(c1ccccc1)C(C)(C)C)C(=O)c1c[nH]c2ccc(Br)cc12. The van der Waals surface area contributed by atoms with Crippen LogP contribution in [0.3, 0.4) is 0 Å². The molecule has 0 saturated heterocycles. The lowest BCUT2D eigenvalue weighted by molar-refractivity contribution is 0.0743. The van der Waals surface area contributed by atoms with E-state index >= 15 is 0 Å². The zero-order chi connectivity index (χ0) is 24.6. The number of carbonyl (C=O) groups excluding carboxylic acids is 1. The highest BCUT2D eigenvalue weighted by Gasteiger charge is 2.51. The van der Waals surface area contributed by atoms with E-state index in [1.807, 2.05) is 50.4 Å². The molecule has 1 aromatic heterocycles. The molecule has 4 rings (SSSR count). The number of carbonyl (C=O) groups is 1. The Morgan fingerprint density at radius 1 is 0.882 bits per heavy atom. The van der Waals surface area contributed by atoms with Gasteiger partial charge in [0, 0.05) is 33.7 Å². The van der Waals surface area contributed by atoms with Crippen LogP contribution in [0.15, 0.2) is 89.5 Å². The second kappa shape index (κ2) is 9.29. The first-order valence-electron chi connectivity index (χ1n) is 11.6. The predicted octanol–water partition coefficient (Wildman–Crippen LogP) is 6.72. The lowest BCUT2D eigenvalue weighted by atomic mass is 9.85. The molecule has 1 N–H and O–H groups in total. The normalized spacial score (nSPS) is 12.8. The fourth-order valence-corrected chi connectivity index (χ4v) is 9.85. The number of nitrogens with one attached hydrogen (secondary N) is 1. The number of H-pyrrole nitrogens is 1. The second-order valence-electron chi connectivity index (χ2n) is 10.6. The predicted molar refractivity (Wildman–Crippen MR) is 148 cm³/mol. The van der Waals surface area contributed by atoms with Crippen molar-refractivity contribution in [1.29, 1.82) is 0 Å². The molecule has 0 fully saturated rings. The number of aromatic amines is 1. The maximum absolute atomic E-state index is 13.8. The first-order valence-corrected chi connectivity index (χ1v) is 14.3. The van der Waals surface area contributed by atoms with Crippen LogP contribution in [-0.4, -0.2) is 25.7 Å². The average Bonchev–Trinajstić information content (AvgIpc) is 3.22. The van der Waals surface area contributed by atoms with Gasteiger partial charge in [-0.05, 0) is 33.6 Å². The molecule has 0 unspecified atom stereocenters. The highest BCUT2D eigenvalue weighted by atomic mass is 79.9. The standard InChI is InChI=1S/C29H32BrNO2Si/c1-28(2,3)34(22-12-8-6-9-13-22,23-14-10-7-11-15-23)33-20-29(4,5)27(32)25-19-31-26-17-16-21(30)18-24(25)26/h6-19,31H,20H2,1-5H3. The van der Waals surface area contributed by atoms with Crippen molar-refractivity contribution in [3.8, 4) is 0 Å². The number of halogens is 1. The summed E-state index contributed by atoms with van der Waals surface area (Å²) < 4.78 is 8.04. The number of rotatable bonds is 7. The van der Waals surface area contributed by atoms with Crippen molar-refractivity contribution in [2.24, 2.45) is 5.41 Å². The van der Waals surface area contributed by atoms with Crippen molar-refractivity contribution >= 4 is 51.3 Å². The van der Waals surface area contributed by atoms with Crippen molar-refractivity contribution in [2.75, 3.05) is 6.61 Å². The molecule has 0 atom stereocenters. The molecule has 0 saturated carbocycles. The number of aromatic nitrogens is 1. The highest BCUT2D eigenvalue weighted by molar-refractivity contribution is 9.10. The summed E-state index contributed by atoms with van der Waals surface area (Å²) in [6.45, 7) is 11.1. The largest absolute Gasteiger partial charge is 0.406 e. The molecule has 0 aliphatic heterocycles. The minimum absolute atomic E-state index is 0.0785. The third-order valence-corrected chi connectivity index (χ3v) is 12.0. The lowest BCUT2D eigenvalue weighted by Gasteiger charge is -2.44. The van der Waals surface area contributed by atoms with Crippen LogP contribution in [0.4, 0.5) is 0 Å². The van der Waals surface area contributed by atoms with Gasteiger partial charge in [-0.15, -0.1) is 0 Å². The van der Waals surface area contributed by atoms with E-state index in [1.54, 1.807) is 0 Å². The van der Waals surface area contributed by atoms with E-state index in [-0.39, 0.29) is 10.8 Å². The molecule has 0 amide bonds. The molecule has 5 heteroatoms. The van der Waals surface area contributed by atoms with E-state index in [4.69, 9.17) is 4.43 Å². The van der Waals surface area contributed by atoms with Crippen LogP contribution in [0.2, 0.25) is 5.04 Å². The summed E-state index contributed by atoms with van der Waals surface area (Å²) in [5, 5.41) is 3.22. The maximum Gasteiger partial charge on any atom is 0.261 e. The molecule has 176 valence electrons. The number of hydrogen-bond acceptors (Lipinski definition) is 2. The number of fused-ring (bicyclic) bond motifs is 1. The number of ketones is 1. The van der Waals surface area contributed by atoms with Gasteiger partial charge in [0.2, 0.25) is 0 Å². The maximum atomic E-state index is 13.8. The van der Waals surface area contributed by atoms with Gasteiger partial charge in [0.25, 0.3) is 8.32 Å². The molecule has 3 aromatic carbocycles. The second-order valence-corrected chi connectivity index (χ2v) is 15.8. The molecule has 1 heterocycles. The number of Topliss-reactive ketones (excluding diaryl/α,β-unsaturated/α-hetero) is 1. The van der Waals surface area contributed by atoms with Crippen LogP contribution >= 0.6 is 15.9 Å². The summed E-state index contributed by atoms with van der Waals surface area (Å²) in [4.78, 5) is 17.0. The molecule has 0 aliphatic carbocycles. The molecular formula is C29H32BrNO2Si. The minimum atomic E-state index is -2.72. The van der Waals surface area contributed by atoms with Gasteiger partial charge in [0.15, 0.2) is 5.78 Å². The van der Waals surface area contributed by atoms with Gasteiger partial charge in [-0.1, -0.05) is 111 Å². The van der Waals surface area contributed by atoms with Crippen LogP contribution in [0.1, 0.15) is 45.0 Å². The monoisotopic (exact) mass is 533 g/mol. The van der Waals surface area contributed by atoms with E-state index in [2.05, 4.69) is 90.2 Å². The lowest BCUT2D eigenvalue weighted by Crippen LogP contribution is -2.67. The van der Waals surface area contributed by atoms with Crippen molar-refractivity contribution in [3.05, 3.63) is 95.1 Å². The Bertz CT molecular complexity index is 1250. The molecule has 3 nitrogen and oxygen atoms in total. The zero-order valence-electron chi connectivity index (χ0n) is 20.5. The fraction of sp³-hybridized carbons (Fsp3) is 0.276. The van der Waals surface area contributed by atoms with Crippen LogP contribution in [0, 0.1) is 5.41 Å². The van der Waals surface area contributed by atoms with E-state index in [1.165, 1.54) is 10.4 Å². The first kappa shape index (κ1) is 24.6. The fourth-order valence-electron chi connectivity index (χ4n) is 4.76. The van der Waals surface area contributed by atoms with E-state index in [0.29, 0.717) is 12.2 Å². The number of hydrogen-bond donors (Lipinski definition) is 1. The molecule has 34 heavy (non-hydrogen) atoms. The quantitative estimate of drug-likeness (QED) is 0.211. The summed E-state index contributed by atoms with van der Waals surface area (Å²) in [6, 6.07) is 27.1. The van der Waals surface area contributed by atoms with Crippen molar-refractivity contribution in [3.63, 3.8) is 0 Å². The van der Waals surface area contributed by atoms with Gasteiger partial charge in [-0.3, -0.25) is 4.79 Å². The van der Waals surface area contributed by atoms with Gasteiger partial charge < -0.3 is 9.41 Å². The van der Waals surface area contributed by atoms with Gasteiger partial charge in [-0.2, -0.15) is 0 Å². The molecular weight excluding hydrogens is 502 g/mol. The van der Waals surface area contributed by atoms with Crippen LogP contribution in [0.5, 0.6) is 0 Å². The first-order chi connectivity index (χ1) is 16.1. The molecule has 0 aliphatic rings. The smallest absolute Gasteiger partial charge is 0.261 e. The summed E-state index contributed by atoms with van der Waals surface area (Å²) in [5.74, 6) is 0.0785. The summed E-state index contributed by atoms with van der Waals surface area (Å²) in [6.07, 6.45) is 1.82. The van der Waals surface area contributed by atoms with Crippen molar-refractivity contribution in [2.45, 2.75) is 39.7 Å². The van der Waals surface area contributed by atoms with Gasteiger partial charge in [0.05, 0.1) is 5.41 Å². The Morgan fingerprint density at radius 2 is 1.44 bits per heavy atom. The Balaban J connectivity index is 1.75. The minimum Gasteiger partial charge on any atom is -0.406 e. The van der Waals surface area contributed by atoms with Crippen molar-refractivity contribution in [1.82, 2.24) is 4.98 Å². The third kappa shape index (κ3) is 4.44. The molecule has 0 radical (unpaired) electrons. The van der Waals surface area contributed by atoms with E-state index in [9.17, 15) is 4.79 Å². The van der Waals surface area contributed by atoms with E-state index in [0.717, 1.165) is 15.4 Å². The van der Waals surface area contributed by atoms with E-state index < -0.39 is 13.7 Å². The van der Waals surface area contributed by atoms with Gasteiger partial charge in [-0.25, -0.2) is 0 Å². The summed E-state index contributed by atoms with van der Waals surface area (Å²) in [7, 11) is -2.72. The Labute approximate surface area is 211 Å². The van der Waals surface area contributed by atoms with Crippen LogP contribution in [-0.2, 0) is 4.43 Å².